The van der Waals surface area contributed by atoms with Crippen LogP contribution in [0.1, 0.15) is 31.6 Å². The summed E-state index contributed by atoms with van der Waals surface area (Å²) in [5.41, 5.74) is 6.41. The summed E-state index contributed by atoms with van der Waals surface area (Å²) in [6, 6.07) is 3.95. The van der Waals surface area contributed by atoms with Crippen molar-refractivity contribution in [3.63, 3.8) is 0 Å². The van der Waals surface area contributed by atoms with Gasteiger partial charge in [-0.15, -0.1) is 11.3 Å². The molecule has 15 heavy (non-hydrogen) atoms. The molecule has 1 saturated carbocycles. The van der Waals surface area contributed by atoms with Gasteiger partial charge in [-0.3, -0.25) is 0 Å². The van der Waals surface area contributed by atoms with Gasteiger partial charge < -0.3 is 11.1 Å². The molecular weight excluding hydrogens is 206 g/mol. The fraction of sp³-hybridized carbons (Fsp3) is 0.545. The number of nitrogens with two attached hydrogens (primary N) is 1. The minimum Gasteiger partial charge on any atom is -0.397 e. The quantitative estimate of drug-likeness (QED) is 0.825. The van der Waals surface area contributed by atoms with E-state index in [0.717, 1.165) is 10.9 Å². The molecule has 4 heteroatoms. The summed E-state index contributed by atoms with van der Waals surface area (Å²) in [6.07, 6.45) is 2.60. The lowest BCUT2D eigenvalue weighted by molar-refractivity contribution is 0.496. The lowest BCUT2D eigenvalue weighted by Crippen LogP contribution is -2.32. The molecule has 80 valence electrons. The van der Waals surface area contributed by atoms with Crippen molar-refractivity contribution in [2.45, 2.75) is 32.2 Å². The fourth-order valence-corrected chi connectivity index (χ4v) is 2.72. The molecule has 0 aliphatic heterocycles. The van der Waals surface area contributed by atoms with Crippen LogP contribution in [0.5, 0.6) is 0 Å². The molecule has 2 rings (SSSR count). The summed E-state index contributed by atoms with van der Waals surface area (Å²) in [7, 11) is 0. The van der Waals surface area contributed by atoms with Gasteiger partial charge in [-0.25, -0.2) is 0 Å². The molecule has 1 aliphatic rings. The SMILES string of the molecule is CC(C)(Nc1cc(N)c(C#N)s1)C1CC1. The maximum atomic E-state index is 8.80. The third-order valence-electron chi connectivity index (χ3n) is 2.91. The molecule has 1 aromatic rings. The van der Waals surface area contributed by atoms with Crippen LogP contribution in [-0.2, 0) is 0 Å². The van der Waals surface area contributed by atoms with E-state index in [9.17, 15) is 0 Å². The van der Waals surface area contributed by atoms with Crippen LogP contribution >= 0.6 is 11.3 Å². The van der Waals surface area contributed by atoms with Gasteiger partial charge in [0.2, 0.25) is 0 Å². The number of hydrogen-bond acceptors (Lipinski definition) is 4. The first kappa shape index (κ1) is 10.3. The first-order chi connectivity index (χ1) is 7.03. The van der Waals surface area contributed by atoms with Gasteiger partial charge in [-0.1, -0.05) is 0 Å². The van der Waals surface area contributed by atoms with E-state index in [4.69, 9.17) is 11.0 Å². The van der Waals surface area contributed by atoms with Crippen molar-refractivity contribution in [2.24, 2.45) is 5.92 Å². The van der Waals surface area contributed by atoms with Gasteiger partial charge in [-0.05, 0) is 38.7 Å². The summed E-state index contributed by atoms with van der Waals surface area (Å²) in [5.74, 6) is 0.756. The molecule has 3 N–H and O–H groups in total. The standard InChI is InChI=1S/C11H15N3S/c1-11(2,7-3-4-7)14-10-5-8(13)9(6-12)15-10/h5,7,14H,3-4,13H2,1-2H3. The Hall–Kier alpha value is -1.21. The third kappa shape index (κ3) is 2.07. The predicted octanol–water partition coefficient (Wildman–Crippen LogP) is 2.80. The maximum absolute atomic E-state index is 8.80. The number of hydrogen-bond donors (Lipinski definition) is 2. The summed E-state index contributed by atoms with van der Waals surface area (Å²) in [5, 5.41) is 13.3. The zero-order valence-corrected chi connectivity index (χ0v) is 9.82. The van der Waals surface area contributed by atoms with Gasteiger partial charge >= 0.3 is 0 Å². The zero-order chi connectivity index (χ0) is 11.1. The minimum absolute atomic E-state index is 0.115. The highest BCUT2D eigenvalue weighted by Crippen LogP contribution is 2.42. The average molecular weight is 221 g/mol. The monoisotopic (exact) mass is 221 g/mol. The number of nitrogens with one attached hydrogen (secondary N) is 1. The fourth-order valence-electron chi connectivity index (χ4n) is 1.78. The molecular formula is C11H15N3S. The number of nitrogen functional groups attached to an aromatic ring is 1. The molecule has 0 radical (unpaired) electrons. The van der Waals surface area contributed by atoms with Crippen LogP contribution < -0.4 is 11.1 Å². The third-order valence-corrected chi connectivity index (χ3v) is 3.88. The summed E-state index contributed by atoms with van der Waals surface area (Å²) in [4.78, 5) is 0.601. The first-order valence-corrected chi connectivity index (χ1v) is 5.92. The second kappa shape index (κ2) is 3.42. The number of nitriles is 1. The Morgan fingerprint density at radius 1 is 1.60 bits per heavy atom. The highest BCUT2D eigenvalue weighted by Gasteiger charge is 2.37. The Kier molecular flexibility index (Phi) is 2.35. The lowest BCUT2D eigenvalue weighted by Gasteiger charge is -2.26. The van der Waals surface area contributed by atoms with Crippen LogP contribution in [0.4, 0.5) is 10.7 Å². The zero-order valence-electron chi connectivity index (χ0n) is 9.00. The number of thiophene rings is 1. The van der Waals surface area contributed by atoms with Crippen LogP contribution in [0.25, 0.3) is 0 Å². The van der Waals surface area contributed by atoms with Gasteiger partial charge in [0.15, 0.2) is 0 Å². The topological polar surface area (TPSA) is 61.8 Å². The second-order valence-corrected chi connectivity index (χ2v) is 5.68. The van der Waals surface area contributed by atoms with Gasteiger partial charge in [-0.2, -0.15) is 5.26 Å². The van der Waals surface area contributed by atoms with Crippen molar-refractivity contribution in [3.05, 3.63) is 10.9 Å². The van der Waals surface area contributed by atoms with Crippen LogP contribution in [-0.4, -0.2) is 5.54 Å². The van der Waals surface area contributed by atoms with E-state index in [-0.39, 0.29) is 5.54 Å². The second-order valence-electron chi connectivity index (χ2n) is 4.63. The molecule has 0 aromatic carbocycles. The highest BCUT2D eigenvalue weighted by molar-refractivity contribution is 7.17. The van der Waals surface area contributed by atoms with Gasteiger partial charge in [0, 0.05) is 5.54 Å². The van der Waals surface area contributed by atoms with Crippen LogP contribution in [0.3, 0.4) is 0 Å². The molecule has 1 heterocycles. The van der Waals surface area contributed by atoms with Crippen molar-refractivity contribution >= 4 is 22.0 Å². The van der Waals surface area contributed by atoms with Gasteiger partial charge in [0.05, 0.1) is 10.7 Å². The van der Waals surface area contributed by atoms with Crippen LogP contribution in [0.15, 0.2) is 6.07 Å². The molecule has 0 bridgehead atoms. The minimum atomic E-state index is 0.115. The molecule has 1 aromatic heterocycles. The van der Waals surface area contributed by atoms with Crippen molar-refractivity contribution in [2.75, 3.05) is 11.1 Å². The smallest absolute Gasteiger partial charge is 0.129 e. The van der Waals surface area contributed by atoms with Crippen molar-refractivity contribution in [1.82, 2.24) is 0 Å². The number of rotatable bonds is 3. The highest BCUT2D eigenvalue weighted by atomic mass is 32.1. The maximum Gasteiger partial charge on any atom is 0.129 e. The molecule has 0 saturated heterocycles. The lowest BCUT2D eigenvalue weighted by atomic mass is 9.99. The van der Waals surface area contributed by atoms with Gasteiger partial charge in [0.25, 0.3) is 0 Å². The van der Waals surface area contributed by atoms with E-state index in [1.54, 1.807) is 0 Å². The van der Waals surface area contributed by atoms with E-state index in [2.05, 4.69) is 25.2 Å². The van der Waals surface area contributed by atoms with Crippen molar-refractivity contribution in [1.29, 1.82) is 5.26 Å². The summed E-state index contributed by atoms with van der Waals surface area (Å²) >= 11 is 1.43. The van der Waals surface area contributed by atoms with Gasteiger partial charge in [0.1, 0.15) is 10.9 Å². The predicted molar refractivity (Wildman–Crippen MR) is 63.9 cm³/mol. The van der Waals surface area contributed by atoms with Crippen molar-refractivity contribution in [3.8, 4) is 6.07 Å². The molecule has 1 aliphatic carbocycles. The number of anilines is 2. The Bertz CT molecular complexity index is 410. The molecule has 1 fully saturated rings. The number of nitrogens with zero attached hydrogens (tertiary/aromatic N) is 1. The van der Waals surface area contributed by atoms with Crippen LogP contribution in [0.2, 0.25) is 0 Å². The molecule has 0 atom stereocenters. The van der Waals surface area contributed by atoms with E-state index in [1.807, 2.05) is 6.07 Å². The molecule has 0 amide bonds. The molecule has 3 nitrogen and oxygen atoms in total. The van der Waals surface area contributed by atoms with E-state index in [1.165, 1.54) is 24.2 Å². The molecule has 0 spiro atoms. The van der Waals surface area contributed by atoms with E-state index in [0.29, 0.717) is 10.6 Å². The Balaban J connectivity index is 2.14. The summed E-state index contributed by atoms with van der Waals surface area (Å²) in [6.45, 7) is 4.40. The normalized spacial score (nSPS) is 16.1. The summed E-state index contributed by atoms with van der Waals surface area (Å²) < 4.78 is 0. The van der Waals surface area contributed by atoms with E-state index >= 15 is 0 Å². The van der Waals surface area contributed by atoms with E-state index < -0.39 is 0 Å². The Morgan fingerprint density at radius 2 is 2.27 bits per heavy atom. The molecule has 0 unspecified atom stereocenters. The van der Waals surface area contributed by atoms with Crippen LogP contribution in [0, 0.1) is 17.2 Å². The Morgan fingerprint density at radius 3 is 2.73 bits per heavy atom. The largest absolute Gasteiger partial charge is 0.397 e. The van der Waals surface area contributed by atoms with Crippen molar-refractivity contribution < 1.29 is 0 Å². The average Bonchev–Trinajstić information content (AvgIpc) is 2.92. The Labute approximate surface area is 93.9 Å². The first-order valence-electron chi connectivity index (χ1n) is 5.10.